The molecule has 2 aromatic carbocycles. The Morgan fingerprint density at radius 3 is 2.24 bits per heavy atom. The zero-order valence-electron chi connectivity index (χ0n) is 21.6. The van der Waals surface area contributed by atoms with Crippen LogP contribution in [-0.4, -0.2) is 90.0 Å². The number of nitrogens with zero attached hydrogens (tertiary/aromatic N) is 6. The summed E-state index contributed by atoms with van der Waals surface area (Å²) in [6.45, 7) is 5.83. The first-order valence-corrected chi connectivity index (χ1v) is 12.1. The lowest BCUT2D eigenvalue weighted by Crippen LogP contribution is -2.48. The van der Waals surface area contributed by atoms with Crippen molar-refractivity contribution < 1.29 is 23.7 Å². The normalized spacial score (nSPS) is 14.1. The number of hydrogen-bond donors (Lipinski definition) is 0. The van der Waals surface area contributed by atoms with Crippen molar-refractivity contribution in [1.82, 2.24) is 30.0 Å². The number of hydrogen-bond acceptors (Lipinski definition) is 9. The van der Waals surface area contributed by atoms with Crippen LogP contribution in [0.3, 0.4) is 0 Å². The summed E-state index contributed by atoms with van der Waals surface area (Å²) in [4.78, 5) is 16.9. The summed E-state index contributed by atoms with van der Waals surface area (Å²) in [5.74, 6) is 3.09. The van der Waals surface area contributed by atoms with E-state index in [1.165, 1.54) is 0 Å². The first-order chi connectivity index (χ1) is 18.1. The van der Waals surface area contributed by atoms with E-state index in [0.29, 0.717) is 43.5 Å². The Labute approximate surface area is 216 Å². The van der Waals surface area contributed by atoms with Gasteiger partial charge in [0.05, 0.1) is 40.2 Å². The van der Waals surface area contributed by atoms with E-state index in [0.717, 1.165) is 35.9 Å². The maximum absolute atomic E-state index is 12.8. The fraction of sp³-hybridized carbons (Fsp3) is 0.385. The van der Waals surface area contributed by atoms with Gasteiger partial charge in [-0.1, -0.05) is 0 Å². The highest BCUT2D eigenvalue weighted by molar-refractivity contribution is 5.92. The lowest BCUT2D eigenvalue weighted by atomic mass is 10.1. The molecule has 1 saturated heterocycles. The molecule has 0 unspecified atom stereocenters. The number of benzene rings is 2. The van der Waals surface area contributed by atoms with Crippen LogP contribution in [0.25, 0.3) is 11.8 Å². The summed E-state index contributed by atoms with van der Waals surface area (Å²) < 4.78 is 23.4. The van der Waals surface area contributed by atoms with Crippen molar-refractivity contribution >= 4 is 12.0 Å². The molecule has 1 aliphatic heterocycles. The number of rotatable bonds is 10. The number of amides is 1. The van der Waals surface area contributed by atoms with E-state index >= 15 is 0 Å². The van der Waals surface area contributed by atoms with Gasteiger partial charge in [-0.2, -0.15) is 4.68 Å². The molecule has 37 heavy (non-hydrogen) atoms. The van der Waals surface area contributed by atoms with Crippen LogP contribution in [0.15, 0.2) is 42.5 Å². The van der Waals surface area contributed by atoms with Crippen molar-refractivity contribution in [2.75, 3.05) is 54.1 Å². The van der Waals surface area contributed by atoms with Gasteiger partial charge in [0.15, 0.2) is 17.3 Å². The van der Waals surface area contributed by atoms with Crippen LogP contribution in [-0.2, 0) is 11.3 Å². The lowest BCUT2D eigenvalue weighted by Gasteiger charge is -2.33. The van der Waals surface area contributed by atoms with Gasteiger partial charge in [0, 0.05) is 32.3 Å². The SMILES string of the molecule is CCOc1ccc(-n2nnnc2CN2CCN(C(=O)/C=C\c3cc(OC)c(OC)c(OC)c3)CC2)cc1. The van der Waals surface area contributed by atoms with Gasteiger partial charge in [-0.25, -0.2) is 0 Å². The van der Waals surface area contributed by atoms with Crippen molar-refractivity contribution in [2.24, 2.45) is 0 Å². The smallest absolute Gasteiger partial charge is 0.246 e. The molecule has 0 spiro atoms. The number of tetrazole rings is 1. The van der Waals surface area contributed by atoms with Gasteiger partial charge in [-0.15, -0.1) is 5.10 Å². The van der Waals surface area contributed by atoms with Gasteiger partial charge in [-0.05, 0) is 65.4 Å². The van der Waals surface area contributed by atoms with Crippen molar-refractivity contribution in [3.8, 4) is 28.7 Å². The maximum Gasteiger partial charge on any atom is 0.246 e. The van der Waals surface area contributed by atoms with Gasteiger partial charge >= 0.3 is 0 Å². The van der Waals surface area contributed by atoms with E-state index in [4.69, 9.17) is 18.9 Å². The predicted octanol–water partition coefficient (Wildman–Crippen LogP) is 2.44. The van der Waals surface area contributed by atoms with Crippen LogP contribution in [0.1, 0.15) is 18.3 Å². The Balaban J connectivity index is 1.34. The molecular weight excluding hydrogens is 476 g/mol. The van der Waals surface area contributed by atoms with Crippen molar-refractivity contribution in [2.45, 2.75) is 13.5 Å². The second kappa shape index (κ2) is 12.2. The molecule has 0 saturated carbocycles. The molecule has 0 radical (unpaired) electrons. The Morgan fingerprint density at radius 1 is 0.973 bits per heavy atom. The largest absolute Gasteiger partial charge is 0.494 e. The van der Waals surface area contributed by atoms with Crippen LogP contribution in [0.4, 0.5) is 0 Å². The molecule has 196 valence electrons. The molecule has 4 rings (SSSR count). The Bertz CT molecular complexity index is 1190. The summed E-state index contributed by atoms with van der Waals surface area (Å²) >= 11 is 0. The maximum atomic E-state index is 12.8. The van der Waals surface area contributed by atoms with Crippen molar-refractivity contribution in [3.05, 3.63) is 53.9 Å². The molecule has 0 atom stereocenters. The molecule has 0 aliphatic carbocycles. The first-order valence-electron chi connectivity index (χ1n) is 12.1. The quantitative estimate of drug-likeness (QED) is 0.382. The summed E-state index contributed by atoms with van der Waals surface area (Å²) in [6, 6.07) is 11.3. The second-order valence-electron chi connectivity index (χ2n) is 8.33. The molecule has 1 aromatic heterocycles. The standard InChI is InChI=1S/C26H32N6O5/c1-5-37-21-9-7-20(8-10-21)32-24(27-28-29-32)18-30-12-14-31(15-13-30)25(33)11-6-19-16-22(34-2)26(36-4)23(17-19)35-3/h6-11,16-17H,5,12-15,18H2,1-4H3/b11-6-. The van der Waals surface area contributed by atoms with Gasteiger partial charge in [-0.3, -0.25) is 9.69 Å². The number of aromatic nitrogens is 4. The molecule has 2 heterocycles. The topological polar surface area (TPSA) is 104 Å². The molecule has 0 N–H and O–H groups in total. The third-order valence-corrected chi connectivity index (χ3v) is 6.08. The fourth-order valence-corrected chi connectivity index (χ4v) is 4.15. The zero-order valence-corrected chi connectivity index (χ0v) is 21.6. The first kappa shape index (κ1) is 26.0. The number of carbonyl (C=O) groups excluding carboxylic acids is 1. The number of ether oxygens (including phenoxy) is 4. The van der Waals surface area contributed by atoms with Crippen LogP contribution >= 0.6 is 0 Å². The van der Waals surface area contributed by atoms with Crippen LogP contribution < -0.4 is 18.9 Å². The summed E-state index contributed by atoms with van der Waals surface area (Å²) in [5.41, 5.74) is 1.65. The highest BCUT2D eigenvalue weighted by Crippen LogP contribution is 2.38. The van der Waals surface area contributed by atoms with Gasteiger partial charge in [0.2, 0.25) is 11.7 Å². The molecule has 1 fully saturated rings. The molecule has 11 nitrogen and oxygen atoms in total. The van der Waals surface area contributed by atoms with E-state index < -0.39 is 0 Å². The molecule has 11 heteroatoms. The van der Waals surface area contributed by atoms with Gasteiger partial charge < -0.3 is 23.8 Å². The van der Waals surface area contributed by atoms with Crippen LogP contribution in [0, 0.1) is 0 Å². The molecule has 1 aliphatic rings. The zero-order chi connectivity index (χ0) is 26.2. The third-order valence-electron chi connectivity index (χ3n) is 6.08. The third kappa shape index (κ3) is 6.18. The number of methoxy groups -OCH3 is 3. The van der Waals surface area contributed by atoms with Crippen molar-refractivity contribution in [1.29, 1.82) is 0 Å². The van der Waals surface area contributed by atoms with Gasteiger partial charge in [0.1, 0.15) is 5.75 Å². The van der Waals surface area contributed by atoms with Crippen LogP contribution in [0.2, 0.25) is 0 Å². The molecule has 0 bridgehead atoms. The minimum atomic E-state index is -0.0485. The lowest BCUT2D eigenvalue weighted by molar-refractivity contribution is -0.127. The van der Waals surface area contributed by atoms with E-state index in [2.05, 4.69) is 20.4 Å². The molecule has 1 amide bonds. The summed E-state index contributed by atoms with van der Waals surface area (Å²) in [7, 11) is 4.68. The Hall–Kier alpha value is -4.12. The Morgan fingerprint density at radius 2 is 1.65 bits per heavy atom. The summed E-state index contributed by atoms with van der Waals surface area (Å²) in [6.07, 6.45) is 3.33. The average Bonchev–Trinajstić information content (AvgIpc) is 3.40. The fourth-order valence-electron chi connectivity index (χ4n) is 4.15. The average molecular weight is 509 g/mol. The minimum absolute atomic E-state index is 0.0485. The van der Waals surface area contributed by atoms with E-state index in [-0.39, 0.29) is 5.91 Å². The monoisotopic (exact) mass is 508 g/mol. The number of carbonyl (C=O) groups is 1. The van der Waals surface area contributed by atoms with Crippen molar-refractivity contribution in [3.63, 3.8) is 0 Å². The number of piperazine rings is 1. The Kier molecular flexibility index (Phi) is 8.57. The predicted molar refractivity (Wildman–Crippen MR) is 137 cm³/mol. The molecule has 3 aromatic rings. The second-order valence-corrected chi connectivity index (χ2v) is 8.33. The van der Waals surface area contributed by atoms with E-state index in [1.807, 2.05) is 36.1 Å². The summed E-state index contributed by atoms with van der Waals surface area (Å²) in [5, 5.41) is 12.2. The van der Waals surface area contributed by atoms with E-state index in [1.54, 1.807) is 50.3 Å². The molecular formula is C26H32N6O5. The van der Waals surface area contributed by atoms with Crippen LogP contribution in [0.5, 0.6) is 23.0 Å². The highest BCUT2D eigenvalue weighted by atomic mass is 16.5. The minimum Gasteiger partial charge on any atom is -0.494 e. The highest BCUT2D eigenvalue weighted by Gasteiger charge is 2.22. The van der Waals surface area contributed by atoms with Gasteiger partial charge in [0.25, 0.3) is 0 Å². The van der Waals surface area contributed by atoms with E-state index in [9.17, 15) is 4.79 Å².